The van der Waals surface area contributed by atoms with Gasteiger partial charge in [0.25, 0.3) is 0 Å². The van der Waals surface area contributed by atoms with Crippen LogP contribution in [0.5, 0.6) is 5.75 Å². The highest BCUT2D eigenvalue weighted by Gasteiger charge is 2.17. The van der Waals surface area contributed by atoms with E-state index in [1.165, 1.54) is 19.2 Å². The van der Waals surface area contributed by atoms with E-state index in [4.69, 9.17) is 9.26 Å². The lowest BCUT2D eigenvalue weighted by molar-refractivity contribution is -0.385. The van der Waals surface area contributed by atoms with Crippen LogP contribution in [0.15, 0.2) is 22.7 Å². The van der Waals surface area contributed by atoms with E-state index in [2.05, 4.69) is 10.1 Å². The molecule has 0 spiro atoms. The predicted molar refractivity (Wildman–Crippen MR) is 57.7 cm³/mol. The molecule has 0 bridgehead atoms. The number of hydrogen-bond acceptors (Lipinski definition) is 6. The van der Waals surface area contributed by atoms with Gasteiger partial charge in [0.15, 0.2) is 5.75 Å². The highest BCUT2D eigenvalue weighted by atomic mass is 16.6. The molecule has 1 aromatic heterocycles. The lowest BCUT2D eigenvalue weighted by Crippen LogP contribution is -1.94. The Morgan fingerprint density at radius 2 is 2.24 bits per heavy atom. The molecule has 0 radical (unpaired) electrons. The lowest BCUT2D eigenvalue weighted by Gasteiger charge is -2.02. The Kier molecular flexibility index (Phi) is 2.73. The van der Waals surface area contributed by atoms with Gasteiger partial charge in [-0.3, -0.25) is 10.1 Å². The molecule has 0 aliphatic rings. The van der Waals surface area contributed by atoms with E-state index in [1.807, 2.05) is 0 Å². The summed E-state index contributed by atoms with van der Waals surface area (Å²) in [7, 11) is 1.38. The van der Waals surface area contributed by atoms with Crippen molar-refractivity contribution in [3.05, 3.63) is 34.2 Å². The summed E-state index contributed by atoms with van der Waals surface area (Å²) in [6, 6.07) is 4.48. The van der Waals surface area contributed by atoms with Gasteiger partial charge in [-0.2, -0.15) is 4.98 Å². The molecule has 0 atom stereocenters. The summed E-state index contributed by atoms with van der Waals surface area (Å²) >= 11 is 0. The summed E-state index contributed by atoms with van der Waals surface area (Å²) in [5, 5.41) is 14.5. The van der Waals surface area contributed by atoms with Crippen LogP contribution in [0.4, 0.5) is 5.69 Å². The maximum absolute atomic E-state index is 10.8. The summed E-state index contributed by atoms with van der Waals surface area (Å²) in [6.07, 6.45) is 0. The fraction of sp³-hybridized carbons (Fsp3) is 0.200. The van der Waals surface area contributed by atoms with E-state index in [1.54, 1.807) is 13.0 Å². The van der Waals surface area contributed by atoms with Crippen LogP contribution >= 0.6 is 0 Å². The predicted octanol–water partition coefficient (Wildman–Crippen LogP) is 1.96. The quantitative estimate of drug-likeness (QED) is 0.596. The number of benzene rings is 1. The van der Waals surface area contributed by atoms with E-state index in [9.17, 15) is 10.1 Å². The Labute approximate surface area is 96.2 Å². The number of hydrogen-bond donors (Lipinski definition) is 0. The molecule has 0 fully saturated rings. The lowest BCUT2D eigenvalue weighted by atomic mass is 10.2. The van der Waals surface area contributed by atoms with Crippen LogP contribution < -0.4 is 4.74 Å². The van der Waals surface area contributed by atoms with Gasteiger partial charge in [-0.25, -0.2) is 0 Å². The van der Waals surface area contributed by atoms with Crippen LogP contribution in [-0.4, -0.2) is 22.2 Å². The van der Waals surface area contributed by atoms with Crippen LogP contribution in [0.25, 0.3) is 11.4 Å². The number of aromatic nitrogens is 2. The third-order valence-electron chi connectivity index (χ3n) is 2.16. The second-order valence-electron chi connectivity index (χ2n) is 3.28. The maximum atomic E-state index is 10.8. The van der Waals surface area contributed by atoms with Crippen molar-refractivity contribution in [2.75, 3.05) is 7.11 Å². The zero-order valence-electron chi connectivity index (χ0n) is 9.21. The van der Waals surface area contributed by atoms with Gasteiger partial charge in [0, 0.05) is 18.6 Å². The molecular weight excluding hydrogens is 226 g/mol. The molecule has 0 amide bonds. The number of nitro benzene ring substituents is 1. The third-order valence-corrected chi connectivity index (χ3v) is 2.16. The summed E-state index contributed by atoms with van der Waals surface area (Å²) in [5.74, 6) is 0.908. The zero-order chi connectivity index (χ0) is 12.4. The first kappa shape index (κ1) is 11.1. The molecule has 88 valence electrons. The molecule has 0 saturated heterocycles. The van der Waals surface area contributed by atoms with Crippen LogP contribution in [0.1, 0.15) is 5.89 Å². The standard InChI is InChI=1S/C10H9N3O4/c1-6-11-10(12-17-6)7-3-4-9(16-2)8(5-7)13(14)15/h3-5H,1-2H3. The molecule has 0 aliphatic heterocycles. The molecule has 2 aromatic rings. The molecule has 7 heteroatoms. The number of aryl methyl sites for hydroxylation is 1. The van der Waals surface area contributed by atoms with Gasteiger partial charge in [0.2, 0.25) is 11.7 Å². The third kappa shape index (κ3) is 2.07. The molecule has 1 heterocycles. The minimum absolute atomic E-state index is 0.132. The monoisotopic (exact) mass is 235 g/mol. The molecule has 0 N–H and O–H groups in total. The molecule has 0 aliphatic carbocycles. The Morgan fingerprint density at radius 3 is 2.76 bits per heavy atom. The summed E-state index contributed by atoms with van der Waals surface area (Å²) in [6.45, 7) is 1.65. The molecule has 0 saturated carbocycles. The number of methoxy groups -OCH3 is 1. The first-order valence-corrected chi connectivity index (χ1v) is 4.75. The minimum Gasteiger partial charge on any atom is -0.490 e. The second kappa shape index (κ2) is 4.20. The number of nitro groups is 1. The van der Waals surface area contributed by atoms with Crippen LogP contribution in [-0.2, 0) is 0 Å². The first-order chi connectivity index (χ1) is 8.11. The average molecular weight is 235 g/mol. The van der Waals surface area contributed by atoms with Gasteiger partial charge in [0.1, 0.15) is 0 Å². The fourth-order valence-electron chi connectivity index (χ4n) is 1.39. The van der Waals surface area contributed by atoms with Crippen LogP contribution in [0, 0.1) is 17.0 Å². The normalized spacial score (nSPS) is 10.2. The van der Waals surface area contributed by atoms with E-state index in [0.717, 1.165) is 0 Å². The van der Waals surface area contributed by atoms with Gasteiger partial charge >= 0.3 is 5.69 Å². The van der Waals surface area contributed by atoms with Crippen molar-refractivity contribution in [1.82, 2.24) is 10.1 Å². The second-order valence-corrected chi connectivity index (χ2v) is 3.28. The van der Waals surface area contributed by atoms with Gasteiger partial charge < -0.3 is 9.26 Å². The average Bonchev–Trinajstić information content (AvgIpc) is 2.75. The highest BCUT2D eigenvalue weighted by molar-refractivity contribution is 5.63. The topological polar surface area (TPSA) is 91.3 Å². The maximum Gasteiger partial charge on any atom is 0.311 e. The number of ether oxygens (including phenoxy) is 1. The van der Waals surface area contributed by atoms with Gasteiger partial charge in [0.05, 0.1) is 12.0 Å². The number of nitrogens with zero attached hydrogens (tertiary/aromatic N) is 3. The highest BCUT2D eigenvalue weighted by Crippen LogP contribution is 2.30. The van der Waals surface area contributed by atoms with Crippen molar-refractivity contribution in [2.24, 2.45) is 0 Å². The molecule has 17 heavy (non-hydrogen) atoms. The summed E-state index contributed by atoms with van der Waals surface area (Å²) in [4.78, 5) is 14.3. The Morgan fingerprint density at radius 1 is 1.47 bits per heavy atom. The Hall–Kier alpha value is -2.44. The van der Waals surface area contributed by atoms with E-state index < -0.39 is 4.92 Å². The summed E-state index contributed by atoms with van der Waals surface area (Å²) < 4.78 is 9.71. The summed E-state index contributed by atoms with van der Waals surface area (Å²) in [5.41, 5.74) is 0.377. The molecule has 2 rings (SSSR count). The molecule has 1 aromatic carbocycles. The van der Waals surface area contributed by atoms with Crippen LogP contribution in [0.2, 0.25) is 0 Å². The van der Waals surface area contributed by atoms with Crippen molar-refractivity contribution in [1.29, 1.82) is 0 Å². The minimum atomic E-state index is -0.519. The van der Waals surface area contributed by atoms with Crippen molar-refractivity contribution in [2.45, 2.75) is 6.92 Å². The van der Waals surface area contributed by atoms with Gasteiger partial charge in [-0.15, -0.1) is 0 Å². The first-order valence-electron chi connectivity index (χ1n) is 4.75. The van der Waals surface area contributed by atoms with E-state index in [0.29, 0.717) is 17.3 Å². The van der Waals surface area contributed by atoms with Crippen molar-refractivity contribution in [3.63, 3.8) is 0 Å². The molecule has 7 nitrogen and oxygen atoms in total. The Balaban J connectivity index is 2.50. The smallest absolute Gasteiger partial charge is 0.311 e. The zero-order valence-corrected chi connectivity index (χ0v) is 9.21. The fourth-order valence-corrected chi connectivity index (χ4v) is 1.39. The van der Waals surface area contributed by atoms with Crippen LogP contribution in [0.3, 0.4) is 0 Å². The molecular formula is C10H9N3O4. The molecule has 0 unspecified atom stereocenters. The Bertz CT molecular complexity index is 564. The van der Waals surface area contributed by atoms with Gasteiger partial charge in [-0.05, 0) is 12.1 Å². The number of rotatable bonds is 3. The van der Waals surface area contributed by atoms with E-state index >= 15 is 0 Å². The SMILES string of the molecule is COc1ccc(-c2noc(C)n2)cc1[N+](=O)[O-]. The van der Waals surface area contributed by atoms with Crippen molar-refractivity contribution >= 4 is 5.69 Å². The van der Waals surface area contributed by atoms with Crippen molar-refractivity contribution in [3.8, 4) is 17.1 Å². The van der Waals surface area contributed by atoms with Crippen molar-refractivity contribution < 1.29 is 14.2 Å². The van der Waals surface area contributed by atoms with E-state index in [-0.39, 0.29) is 11.4 Å². The van der Waals surface area contributed by atoms with Gasteiger partial charge in [-0.1, -0.05) is 5.16 Å². The largest absolute Gasteiger partial charge is 0.490 e.